The van der Waals surface area contributed by atoms with Crippen molar-refractivity contribution in [3.05, 3.63) is 29.8 Å². The molecule has 2 atom stereocenters. The zero-order chi connectivity index (χ0) is 11.8. The van der Waals surface area contributed by atoms with Gasteiger partial charge in [0.15, 0.2) is 0 Å². The topological polar surface area (TPSA) is 35.2 Å². The second kappa shape index (κ2) is 3.97. The van der Waals surface area contributed by atoms with E-state index in [2.05, 4.69) is 4.74 Å². The number of halogens is 3. The average Bonchev–Trinajstić information content (AvgIpc) is 2.95. The third-order valence-electron chi connectivity index (χ3n) is 2.77. The van der Waals surface area contributed by atoms with Crippen molar-refractivity contribution in [2.75, 3.05) is 6.54 Å². The molecule has 1 fully saturated rings. The molecule has 2 rings (SSSR count). The Morgan fingerprint density at radius 2 is 1.88 bits per heavy atom. The normalized spacial score (nSPS) is 24.2. The van der Waals surface area contributed by atoms with Crippen molar-refractivity contribution in [1.29, 1.82) is 0 Å². The fourth-order valence-electron chi connectivity index (χ4n) is 1.83. The Kier molecular flexibility index (Phi) is 2.80. The summed E-state index contributed by atoms with van der Waals surface area (Å²) >= 11 is 0. The SMILES string of the molecule is NC[C@H]1C[C@H]1c1ccc(OC(F)(F)F)cc1. The van der Waals surface area contributed by atoms with Gasteiger partial charge in [0.2, 0.25) is 0 Å². The maximum Gasteiger partial charge on any atom is 0.573 e. The summed E-state index contributed by atoms with van der Waals surface area (Å²) < 4.78 is 39.5. The number of benzene rings is 1. The second-order valence-corrected chi connectivity index (χ2v) is 3.95. The van der Waals surface area contributed by atoms with Crippen molar-refractivity contribution >= 4 is 0 Å². The molecule has 0 bridgehead atoms. The van der Waals surface area contributed by atoms with E-state index >= 15 is 0 Å². The molecule has 0 heterocycles. The van der Waals surface area contributed by atoms with Crippen molar-refractivity contribution in [2.45, 2.75) is 18.7 Å². The van der Waals surface area contributed by atoms with E-state index in [9.17, 15) is 13.2 Å². The molecule has 1 aromatic rings. The predicted octanol–water partition coefficient (Wildman–Crippen LogP) is 2.65. The first kappa shape index (κ1) is 11.3. The molecule has 0 aliphatic heterocycles. The highest BCUT2D eigenvalue weighted by Crippen LogP contribution is 2.46. The largest absolute Gasteiger partial charge is 0.573 e. The van der Waals surface area contributed by atoms with Crippen molar-refractivity contribution < 1.29 is 17.9 Å². The molecular weight excluding hydrogens is 219 g/mol. The summed E-state index contributed by atoms with van der Waals surface area (Å²) in [6.07, 6.45) is -3.60. The molecule has 0 aromatic heterocycles. The van der Waals surface area contributed by atoms with Crippen LogP contribution in [0.2, 0.25) is 0 Å². The van der Waals surface area contributed by atoms with Crippen LogP contribution in [0.5, 0.6) is 5.75 Å². The molecule has 0 saturated heterocycles. The molecule has 0 amide bonds. The van der Waals surface area contributed by atoms with E-state index < -0.39 is 6.36 Å². The van der Waals surface area contributed by atoms with Gasteiger partial charge in [0.25, 0.3) is 0 Å². The van der Waals surface area contributed by atoms with Crippen LogP contribution >= 0.6 is 0 Å². The molecule has 2 nitrogen and oxygen atoms in total. The molecule has 16 heavy (non-hydrogen) atoms. The lowest BCUT2D eigenvalue weighted by Gasteiger charge is -2.09. The van der Waals surface area contributed by atoms with Crippen LogP contribution in [0.25, 0.3) is 0 Å². The van der Waals surface area contributed by atoms with E-state index in [-0.39, 0.29) is 5.75 Å². The molecule has 2 N–H and O–H groups in total. The van der Waals surface area contributed by atoms with E-state index in [0.29, 0.717) is 18.4 Å². The number of hydrogen-bond acceptors (Lipinski definition) is 2. The first-order valence-electron chi connectivity index (χ1n) is 5.05. The molecule has 0 radical (unpaired) electrons. The fourth-order valence-corrected chi connectivity index (χ4v) is 1.83. The van der Waals surface area contributed by atoms with Gasteiger partial charge in [-0.2, -0.15) is 0 Å². The lowest BCUT2D eigenvalue weighted by molar-refractivity contribution is -0.274. The van der Waals surface area contributed by atoms with Gasteiger partial charge in [0.1, 0.15) is 5.75 Å². The van der Waals surface area contributed by atoms with Crippen LogP contribution in [-0.4, -0.2) is 12.9 Å². The highest BCUT2D eigenvalue weighted by Gasteiger charge is 2.37. The molecule has 88 valence electrons. The fraction of sp³-hybridized carbons (Fsp3) is 0.455. The van der Waals surface area contributed by atoms with Gasteiger partial charge in [-0.1, -0.05) is 12.1 Å². The van der Waals surface area contributed by atoms with Crippen LogP contribution < -0.4 is 10.5 Å². The van der Waals surface area contributed by atoms with E-state index in [4.69, 9.17) is 5.73 Å². The Labute approximate surface area is 91.2 Å². The van der Waals surface area contributed by atoms with Crippen LogP contribution in [-0.2, 0) is 0 Å². The van der Waals surface area contributed by atoms with Gasteiger partial charge in [-0.25, -0.2) is 0 Å². The molecular formula is C11H12F3NO. The first-order chi connectivity index (χ1) is 7.49. The standard InChI is InChI=1S/C11H12F3NO/c12-11(13,14)16-9-3-1-7(2-4-9)10-5-8(10)6-15/h1-4,8,10H,5-6,15H2/t8-,10+/m1/s1. The van der Waals surface area contributed by atoms with Gasteiger partial charge in [-0.05, 0) is 42.5 Å². The van der Waals surface area contributed by atoms with Gasteiger partial charge in [0, 0.05) is 0 Å². The molecule has 0 spiro atoms. The van der Waals surface area contributed by atoms with Gasteiger partial charge < -0.3 is 10.5 Å². The molecule has 0 unspecified atom stereocenters. The highest BCUT2D eigenvalue weighted by atomic mass is 19.4. The van der Waals surface area contributed by atoms with Crippen LogP contribution in [0.15, 0.2) is 24.3 Å². The maximum absolute atomic E-state index is 11.9. The molecule has 1 aromatic carbocycles. The minimum absolute atomic E-state index is 0.179. The summed E-state index contributed by atoms with van der Waals surface area (Å²) in [5.41, 5.74) is 6.53. The van der Waals surface area contributed by atoms with Gasteiger partial charge in [-0.3, -0.25) is 0 Å². The lowest BCUT2D eigenvalue weighted by Crippen LogP contribution is -2.17. The van der Waals surface area contributed by atoms with Crippen LogP contribution in [0, 0.1) is 5.92 Å². The molecule has 1 aliphatic carbocycles. The first-order valence-corrected chi connectivity index (χ1v) is 5.05. The van der Waals surface area contributed by atoms with Gasteiger partial charge in [-0.15, -0.1) is 13.2 Å². The smallest absolute Gasteiger partial charge is 0.406 e. The Morgan fingerprint density at radius 1 is 1.25 bits per heavy atom. The number of nitrogens with two attached hydrogens (primary N) is 1. The van der Waals surface area contributed by atoms with Crippen molar-refractivity contribution in [2.24, 2.45) is 11.7 Å². The van der Waals surface area contributed by atoms with Gasteiger partial charge in [0.05, 0.1) is 0 Å². The second-order valence-electron chi connectivity index (χ2n) is 3.95. The van der Waals surface area contributed by atoms with E-state index in [1.807, 2.05) is 0 Å². The molecule has 1 aliphatic rings. The Hall–Kier alpha value is -1.23. The third kappa shape index (κ3) is 2.66. The van der Waals surface area contributed by atoms with E-state index in [0.717, 1.165) is 12.0 Å². The van der Waals surface area contributed by atoms with Crippen LogP contribution in [0.3, 0.4) is 0 Å². The lowest BCUT2D eigenvalue weighted by atomic mass is 10.1. The number of alkyl halides is 3. The zero-order valence-electron chi connectivity index (χ0n) is 8.50. The monoisotopic (exact) mass is 231 g/mol. The summed E-state index contributed by atoms with van der Waals surface area (Å²) in [4.78, 5) is 0. The predicted molar refractivity (Wildman–Crippen MR) is 53.0 cm³/mol. The minimum atomic E-state index is -4.62. The number of rotatable bonds is 3. The number of ether oxygens (including phenoxy) is 1. The van der Waals surface area contributed by atoms with Crippen LogP contribution in [0.4, 0.5) is 13.2 Å². The summed E-state index contributed by atoms with van der Waals surface area (Å²) in [6.45, 7) is 0.630. The van der Waals surface area contributed by atoms with Crippen molar-refractivity contribution in [3.8, 4) is 5.75 Å². The molecule has 1 saturated carbocycles. The van der Waals surface area contributed by atoms with Gasteiger partial charge >= 0.3 is 6.36 Å². The highest BCUT2D eigenvalue weighted by molar-refractivity contribution is 5.32. The van der Waals surface area contributed by atoms with E-state index in [1.54, 1.807) is 12.1 Å². The van der Waals surface area contributed by atoms with Crippen molar-refractivity contribution in [1.82, 2.24) is 0 Å². The Bertz CT molecular complexity index is 360. The summed E-state index contributed by atoms with van der Waals surface area (Å²) in [5.74, 6) is 0.709. The zero-order valence-corrected chi connectivity index (χ0v) is 8.50. The minimum Gasteiger partial charge on any atom is -0.406 e. The molecule has 5 heteroatoms. The number of hydrogen-bond donors (Lipinski definition) is 1. The maximum atomic E-state index is 11.9. The summed E-state index contributed by atoms with van der Waals surface area (Å²) in [5, 5.41) is 0. The quantitative estimate of drug-likeness (QED) is 0.867. The third-order valence-corrected chi connectivity index (χ3v) is 2.77. The van der Waals surface area contributed by atoms with E-state index in [1.165, 1.54) is 12.1 Å². The summed E-state index contributed by atoms with van der Waals surface area (Å²) in [7, 11) is 0. The average molecular weight is 231 g/mol. The Balaban J connectivity index is 2.00. The van der Waals surface area contributed by atoms with Crippen LogP contribution in [0.1, 0.15) is 17.9 Å². The Morgan fingerprint density at radius 3 is 2.31 bits per heavy atom. The van der Waals surface area contributed by atoms with Crippen molar-refractivity contribution in [3.63, 3.8) is 0 Å². The summed E-state index contributed by atoms with van der Waals surface area (Å²) in [6, 6.07) is 6.02.